The third-order valence-electron chi connectivity index (χ3n) is 3.87. The van der Waals surface area contributed by atoms with Crippen LogP contribution in [0.2, 0.25) is 0 Å². The van der Waals surface area contributed by atoms with Gasteiger partial charge < -0.3 is 10.5 Å². The topological polar surface area (TPSA) is 35.2 Å². The van der Waals surface area contributed by atoms with Crippen LogP contribution in [0.3, 0.4) is 0 Å². The zero-order valence-electron chi connectivity index (χ0n) is 10.4. The predicted octanol–water partition coefficient (Wildman–Crippen LogP) is 3.12. The van der Waals surface area contributed by atoms with Crippen LogP contribution in [-0.2, 0) is 4.74 Å². The Balaban J connectivity index is 2.18. The minimum atomic E-state index is 0.111. The van der Waals surface area contributed by atoms with Crippen LogP contribution in [0.15, 0.2) is 11.4 Å². The van der Waals surface area contributed by atoms with Gasteiger partial charge in [-0.15, -0.1) is 11.3 Å². The van der Waals surface area contributed by atoms with Crippen LogP contribution in [0, 0.1) is 18.8 Å². The van der Waals surface area contributed by atoms with Crippen molar-refractivity contribution < 1.29 is 4.74 Å². The van der Waals surface area contributed by atoms with Gasteiger partial charge in [-0.05, 0) is 43.7 Å². The fourth-order valence-corrected chi connectivity index (χ4v) is 3.52. The Hall–Kier alpha value is -0.380. The number of rotatable bonds is 2. The van der Waals surface area contributed by atoms with E-state index in [0.29, 0.717) is 17.9 Å². The van der Waals surface area contributed by atoms with Gasteiger partial charge >= 0.3 is 0 Å². The van der Waals surface area contributed by atoms with Crippen LogP contribution < -0.4 is 5.73 Å². The standard InChI is InChI=1S/C13H21NOS/c1-7-5-11(6-16-7)13(14)12-8(2)9(3)15-10(12)4/h5-6,8-10,12-13H,14H2,1-4H3. The quantitative estimate of drug-likeness (QED) is 0.860. The van der Waals surface area contributed by atoms with Crippen molar-refractivity contribution in [3.8, 4) is 0 Å². The number of aryl methyl sites for hydroxylation is 1. The van der Waals surface area contributed by atoms with Crippen molar-refractivity contribution in [1.29, 1.82) is 0 Å². The monoisotopic (exact) mass is 239 g/mol. The summed E-state index contributed by atoms with van der Waals surface area (Å²) in [5.41, 5.74) is 7.65. The van der Waals surface area contributed by atoms with Crippen LogP contribution in [0.1, 0.15) is 37.3 Å². The molecule has 1 saturated heterocycles. The first-order valence-corrected chi connectivity index (χ1v) is 6.84. The maximum Gasteiger partial charge on any atom is 0.0600 e. The highest BCUT2D eigenvalue weighted by Gasteiger charge is 2.40. The summed E-state index contributed by atoms with van der Waals surface area (Å²) in [5, 5.41) is 2.18. The molecule has 0 bridgehead atoms. The minimum Gasteiger partial charge on any atom is -0.375 e. The van der Waals surface area contributed by atoms with Crippen LogP contribution >= 0.6 is 11.3 Å². The Bertz CT molecular complexity index is 363. The molecule has 1 fully saturated rings. The summed E-state index contributed by atoms with van der Waals surface area (Å²) in [4.78, 5) is 1.33. The summed E-state index contributed by atoms with van der Waals surface area (Å²) < 4.78 is 5.86. The lowest BCUT2D eigenvalue weighted by Crippen LogP contribution is -2.30. The molecular formula is C13H21NOS. The number of ether oxygens (including phenoxy) is 1. The van der Waals surface area contributed by atoms with Crippen molar-refractivity contribution in [2.75, 3.05) is 0 Å². The molecule has 2 heterocycles. The molecule has 0 aromatic carbocycles. The summed E-state index contributed by atoms with van der Waals surface area (Å²) in [6.07, 6.45) is 0.589. The lowest BCUT2D eigenvalue weighted by molar-refractivity contribution is 0.0489. The van der Waals surface area contributed by atoms with E-state index in [2.05, 4.69) is 39.1 Å². The third kappa shape index (κ3) is 2.04. The van der Waals surface area contributed by atoms with Gasteiger partial charge in [0.1, 0.15) is 0 Å². The van der Waals surface area contributed by atoms with Crippen LogP contribution in [0.25, 0.3) is 0 Å². The Morgan fingerprint density at radius 3 is 2.44 bits per heavy atom. The zero-order valence-corrected chi connectivity index (χ0v) is 11.3. The van der Waals surface area contributed by atoms with Crippen LogP contribution in [0.4, 0.5) is 0 Å². The molecule has 2 N–H and O–H groups in total. The molecule has 1 aliphatic heterocycles. The van der Waals surface area contributed by atoms with Crippen molar-refractivity contribution in [3.63, 3.8) is 0 Å². The van der Waals surface area contributed by atoms with Gasteiger partial charge in [-0.1, -0.05) is 6.92 Å². The second-order valence-corrected chi connectivity index (χ2v) is 6.11. The number of nitrogens with two attached hydrogens (primary N) is 1. The summed E-state index contributed by atoms with van der Waals surface area (Å²) in [6, 6.07) is 2.32. The van der Waals surface area contributed by atoms with E-state index < -0.39 is 0 Å². The molecule has 0 amide bonds. The average molecular weight is 239 g/mol. The SMILES string of the molecule is Cc1cc(C(N)C2C(C)OC(C)C2C)cs1. The summed E-state index contributed by atoms with van der Waals surface area (Å²) >= 11 is 1.77. The molecule has 5 unspecified atom stereocenters. The first-order valence-electron chi connectivity index (χ1n) is 5.96. The average Bonchev–Trinajstić information content (AvgIpc) is 2.73. The Morgan fingerprint density at radius 2 is 2.00 bits per heavy atom. The third-order valence-corrected chi connectivity index (χ3v) is 4.75. The minimum absolute atomic E-state index is 0.111. The Labute approximate surface area is 102 Å². The molecule has 1 aromatic rings. The normalized spacial score (nSPS) is 36.6. The van der Waals surface area contributed by atoms with Crippen LogP contribution in [0.5, 0.6) is 0 Å². The lowest BCUT2D eigenvalue weighted by Gasteiger charge is -2.25. The van der Waals surface area contributed by atoms with Crippen molar-refractivity contribution in [2.24, 2.45) is 17.6 Å². The smallest absolute Gasteiger partial charge is 0.0600 e. The van der Waals surface area contributed by atoms with Gasteiger partial charge in [0.15, 0.2) is 0 Å². The maximum absolute atomic E-state index is 6.38. The van der Waals surface area contributed by atoms with Gasteiger partial charge in [0.2, 0.25) is 0 Å². The van der Waals surface area contributed by atoms with E-state index in [0.717, 1.165) is 0 Å². The highest BCUT2D eigenvalue weighted by atomic mass is 32.1. The molecule has 1 aliphatic rings. The molecular weight excluding hydrogens is 218 g/mol. The van der Waals surface area contributed by atoms with Crippen LogP contribution in [-0.4, -0.2) is 12.2 Å². The highest BCUT2D eigenvalue weighted by Crippen LogP contribution is 2.40. The van der Waals surface area contributed by atoms with E-state index in [9.17, 15) is 0 Å². The van der Waals surface area contributed by atoms with Gasteiger partial charge in [-0.2, -0.15) is 0 Å². The molecule has 5 atom stereocenters. The van der Waals surface area contributed by atoms with Gasteiger partial charge in [-0.25, -0.2) is 0 Å². The zero-order chi connectivity index (χ0) is 11.9. The van der Waals surface area contributed by atoms with E-state index in [1.165, 1.54) is 10.4 Å². The molecule has 16 heavy (non-hydrogen) atoms. The molecule has 3 heteroatoms. The first kappa shape index (κ1) is 12.1. The van der Waals surface area contributed by atoms with Crippen molar-refractivity contribution in [3.05, 3.63) is 21.9 Å². The molecule has 90 valence electrons. The summed E-state index contributed by atoms with van der Waals surface area (Å²) in [7, 11) is 0. The van der Waals surface area contributed by atoms with E-state index >= 15 is 0 Å². The lowest BCUT2D eigenvalue weighted by atomic mass is 9.81. The first-order chi connectivity index (χ1) is 7.50. The van der Waals surface area contributed by atoms with Gasteiger partial charge in [0.05, 0.1) is 12.2 Å². The van der Waals surface area contributed by atoms with E-state index in [1.807, 2.05) is 0 Å². The number of hydrogen-bond acceptors (Lipinski definition) is 3. The van der Waals surface area contributed by atoms with Gasteiger partial charge in [0, 0.05) is 16.8 Å². The van der Waals surface area contributed by atoms with E-state index in [4.69, 9.17) is 10.5 Å². The van der Waals surface area contributed by atoms with Gasteiger partial charge in [-0.3, -0.25) is 0 Å². The summed E-state index contributed by atoms with van der Waals surface area (Å²) in [6.45, 7) is 8.66. The Kier molecular flexibility index (Phi) is 3.38. The highest BCUT2D eigenvalue weighted by molar-refractivity contribution is 7.10. The predicted molar refractivity (Wildman–Crippen MR) is 68.6 cm³/mol. The van der Waals surface area contributed by atoms with E-state index in [1.54, 1.807) is 11.3 Å². The molecule has 0 radical (unpaired) electrons. The van der Waals surface area contributed by atoms with E-state index in [-0.39, 0.29) is 12.1 Å². The molecule has 0 spiro atoms. The molecule has 1 aromatic heterocycles. The molecule has 2 rings (SSSR count). The fourth-order valence-electron chi connectivity index (χ4n) is 2.77. The second-order valence-electron chi connectivity index (χ2n) is 5.00. The Morgan fingerprint density at radius 1 is 1.31 bits per heavy atom. The number of thiophene rings is 1. The largest absolute Gasteiger partial charge is 0.375 e. The fraction of sp³-hybridized carbons (Fsp3) is 0.692. The van der Waals surface area contributed by atoms with Crippen molar-refractivity contribution in [2.45, 2.75) is 45.9 Å². The molecule has 0 aliphatic carbocycles. The maximum atomic E-state index is 6.38. The molecule has 0 saturated carbocycles. The second kappa shape index (κ2) is 4.47. The van der Waals surface area contributed by atoms with Crippen molar-refractivity contribution in [1.82, 2.24) is 0 Å². The summed E-state index contributed by atoms with van der Waals surface area (Å²) in [5.74, 6) is 0.967. The van der Waals surface area contributed by atoms with Gasteiger partial charge in [0.25, 0.3) is 0 Å². The molecule has 2 nitrogen and oxygen atoms in total. The number of hydrogen-bond donors (Lipinski definition) is 1. The van der Waals surface area contributed by atoms with Crippen molar-refractivity contribution >= 4 is 11.3 Å².